The highest BCUT2D eigenvalue weighted by Gasteiger charge is 2.09. The molecule has 0 saturated heterocycles. The molecule has 1 N–H and O–H groups in total. The highest BCUT2D eigenvalue weighted by atomic mass is 16.4. The topological polar surface area (TPSA) is 63.1 Å². The van der Waals surface area contributed by atoms with Crippen molar-refractivity contribution in [3.63, 3.8) is 0 Å². The molecule has 0 aliphatic heterocycles. The first kappa shape index (κ1) is 11.6. The minimum Gasteiger partial charge on any atom is -0.481 e. The summed E-state index contributed by atoms with van der Waals surface area (Å²) in [4.78, 5) is 19.1. The molecule has 0 unspecified atom stereocenters. The molecule has 0 amide bonds. The zero-order valence-electron chi connectivity index (χ0n) is 9.37. The summed E-state index contributed by atoms with van der Waals surface area (Å²) in [6.45, 7) is 5.82. The van der Waals surface area contributed by atoms with Gasteiger partial charge in [0.05, 0.1) is 0 Å². The van der Waals surface area contributed by atoms with E-state index >= 15 is 0 Å². The smallest absolute Gasteiger partial charge is 0.303 e. The second-order valence-electron chi connectivity index (χ2n) is 3.54. The molecule has 1 aromatic heterocycles. The van der Waals surface area contributed by atoms with Gasteiger partial charge in [-0.2, -0.15) is 0 Å². The highest BCUT2D eigenvalue weighted by molar-refractivity contribution is 5.67. The Bertz CT molecular complexity index is 352. The van der Waals surface area contributed by atoms with E-state index in [1.54, 1.807) is 0 Å². The Hall–Kier alpha value is -1.45. The molecule has 0 fully saturated rings. The summed E-state index contributed by atoms with van der Waals surface area (Å²) >= 11 is 0. The van der Waals surface area contributed by atoms with Gasteiger partial charge in [-0.1, -0.05) is 6.92 Å². The number of hydrogen-bond acceptors (Lipinski definition) is 3. The predicted octanol–water partition coefficient (Wildman–Crippen LogP) is 1.67. The maximum atomic E-state index is 10.5. The van der Waals surface area contributed by atoms with E-state index in [0.29, 0.717) is 6.42 Å². The lowest BCUT2D eigenvalue weighted by atomic mass is 10.1. The Balaban J connectivity index is 2.92. The third kappa shape index (κ3) is 3.01. The lowest BCUT2D eigenvalue weighted by Crippen LogP contribution is -2.07. The Morgan fingerprint density at radius 2 is 1.80 bits per heavy atom. The largest absolute Gasteiger partial charge is 0.481 e. The molecule has 1 heterocycles. The number of carbonyl (C=O) groups is 1. The second-order valence-corrected chi connectivity index (χ2v) is 3.54. The molecule has 0 bridgehead atoms. The third-order valence-electron chi connectivity index (χ3n) is 2.37. The van der Waals surface area contributed by atoms with Crippen molar-refractivity contribution in [2.45, 2.75) is 40.0 Å². The molecule has 0 aliphatic rings. The van der Waals surface area contributed by atoms with Gasteiger partial charge in [0, 0.05) is 24.2 Å². The molecule has 15 heavy (non-hydrogen) atoms. The molecule has 0 saturated carbocycles. The SMILES string of the molecule is CCc1nc(C)c(CCC(=O)O)c(C)n1. The fourth-order valence-electron chi connectivity index (χ4n) is 1.56. The van der Waals surface area contributed by atoms with Gasteiger partial charge >= 0.3 is 5.97 Å². The van der Waals surface area contributed by atoms with E-state index in [1.165, 1.54) is 0 Å². The van der Waals surface area contributed by atoms with Crippen LogP contribution >= 0.6 is 0 Å². The molecule has 0 radical (unpaired) electrons. The van der Waals surface area contributed by atoms with E-state index in [4.69, 9.17) is 5.11 Å². The van der Waals surface area contributed by atoms with Gasteiger partial charge in [-0.15, -0.1) is 0 Å². The van der Waals surface area contributed by atoms with Crippen LogP contribution in [-0.2, 0) is 17.6 Å². The van der Waals surface area contributed by atoms with Crippen molar-refractivity contribution >= 4 is 5.97 Å². The zero-order valence-corrected chi connectivity index (χ0v) is 9.37. The summed E-state index contributed by atoms with van der Waals surface area (Å²) in [5.74, 6) is 0.0393. The molecule has 1 aromatic rings. The van der Waals surface area contributed by atoms with E-state index in [-0.39, 0.29) is 6.42 Å². The van der Waals surface area contributed by atoms with Crippen molar-refractivity contribution in [1.29, 1.82) is 0 Å². The standard InChI is InChI=1S/C11H16N2O2/c1-4-10-12-7(2)9(8(3)13-10)5-6-11(14)15/h4-6H2,1-3H3,(H,14,15). The Labute approximate surface area is 89.4 Å². The molecule has 0 spiro atoms. The zero-order chi connectivity index (χ0) is 11.4. The van der Waals surface area contributed by atoms with Crippen molar-refractivity contribution in [3.8, 4) is 0 Å². The van der Waals surface area contributed by atoms with Gasteiger partial charge in [0.1, 0.15) is 5.82 Å². The van der Waals surface area contributed by atoms with Crippen LogP contribution in [0.25, 0.3) is 0 Å². The minimum absolute atomic E-state index is 0.135. The van der Waals surface area contributed by atoms with Crippen LogP contribution < -0.4 is 0 Å². The molecular formula is C11H16N2O2. The van der Waals surface area contributed by atoms with E-state index in [2.05, 4.69) is 9.97 Å². The van der Waals surface area contributed by atoms with Gasteiger partial charge in [-0.25, -0.2) is 9.97 Å². The summed E-state index contributed by atoms with van der Waals surface area (Å²) in [5, 5.41) is 8.62. The lowest BCUT2D eigenvalue weighted by Gasteiger charge is -2.08. The van der Waals surface area contributed by atoms with Gasteiger partial charge in [-0.3, -0.25) is 4.79 Å². The Morgan fingerprint density at radius 3 is 2.20 bits per heavy atom. The van der Waals surface area contributed by atoms with E-state index in [0.717, 1.165) is 29.2 Å². The van der Waals surface area contributed by atoms with Gasteiger partial charge in [0.2, 0.25) is 0 Å². The quantitative estimate of drug-likeness (QED) is 0.817. The van der Waals surface area contributed by atoms with Crippen LogP contribution in [0.2, 0.25) is 0 Å². The van der Waals surface area contributed by atoms with E-state index < -0.39 is 5.97 Å². The van der Waals surface area contributed by atoms with E-state index in [9.17, 15) is 4.79 Å². The first-order valence-corrected chi connectivity index (χ1v) is 5.09. The van der Waals surface area contributed by atoms with Crippen LogP contribution in [0.1, 0.15) is 36.1 Å². The number of aromatic nitrogens is 2. The molecule has 1 rings (SSSR count). The average Bonchev–Trinajstić information content (AvgIpc) is 2.15. The van der Waals surface area contributed by atoms with E-state index in [1.807, 2.05) is 20.8 Å². The maximum absolute atomic E-state index is 10.5. The van der Waals surface area contributed by atoms with Gasteiger partial charge in [0.15, 0.2) is 0 Å². The first-order valence-electron chi connectivity index (χ1n) is 5.09. The number of carboxylic acid groups (broad SMARTS) is 1. The monoisotopic (exact) mass is 208 g/mol. The number of aryl methyl sites for hydroxylation is 3. The fourth-order valence-corrected chi connectivity index (χ4v) is 1.56. The van der Waals surface area contributed by atoms with Crippen molar-refractivity contribution < 1.29 is 9.90 Å². The number of carboxylic acids is 1. The van der Waals surface area contributed by atoms with Crippen molar-refractivity contribution in [2.75, 3.05) is 0 Å². The predicted molar refractivity (Wildman–Crippen MR) is 56.8 cm³/mol. The maximum Gasteiger partial charge on any atom is 0.303 e. The lowest BCUT2D eigenvalue weighted by molar-refractivity contribution is -0.136. The van der Waals surface area contributed by atoms with Crippen molar-refractivity contribution in [3.05, 3.63) is 22.8 Å². The van der Waals surface area contributed by atoms with Crippen LogP contribution in [-0.4, -0.2) is 21.0 Å². The Kier molecular flexibility index (Phi) is 3.77. The average molecular weight is 208 g/mol. The number of aliphatic carboxylic acids is 1. The Morgan fingerprint density at radius 1 is 1.27 bits per heavy atom. The first-order chi connectivity index (χ1) is 7.04. The minimum atomic E-state index is -0.784. The highest BCUT2D eigenvalue weighted by Crippen LogP contribution is 2.12. The molecule has 0 atom stereocenters. The van der Waals surface area contributed by atoms with Gasteiger partial charge < -0.3 is 5.11 Å². The van der Waals surface area contributed by atoms with Gasteiger partial charge in [-0.05, 0) is 25.8 Å². The number of rotatable bonds is 4. The van der Waals surface area contributed by atoms with Gasteiger partial charge in [0.25, 0.3) is 0 Å². The van der Waals surface area contributed by atoms with Crippen LogP contribution in [0, 0.1) is 13.8 Å². The normalized spacial score (nSPS) is 10.3. The number of nitrogens with zero attached hydrogens (tertiary/aromatic N) is 2. The second kappa shape index (κ2) is 4.87. The summed E-state index contributed by atoms with van der Waals surface area (Å²) in [6, 6.07) is 0. The number of hydrogen-bond donors (Lipinski definition) is 1. The molecule has 0 aromatic carbocycles. The summed E-state index contributed by atoms with van der Waals surface area (Å²) in [5.41, 5.74) is 2.77. The summed E-state index contributed by atoms with van der Waals surface area (Å²) in [6.07, 6.45) is 1.45. The van der Waals surface area contributed by atoms with Crippen molar-refractivity contribution in [1.82, 2.24) is 9.97 Å². The van der Waals surface area contributed by atoms with Crippen LogP contribution in [0.3, 0.4) is 0 Å². The summed E-state index contributed by atoms with van der Waals surface area (Å²) in [7, 11) is 0. The molecule has 4 heteroatoms. The molecular weight excluding hydrogens is 192 g/mol. The summed E-state index contributed by atoms with van der Waals surface area (Å²) < 4.78 is 0. The fraction of sp³-hybridized carbons (Fsp3) is 0.545. The third-order valence-corrected chi connectivity index (χ3v) is 2.37. The van der Waals surface area contributed by atoms with Crippen LogP contribution in [0.15, 0.2) is 0 Å². The molecule has 82 valence electrons. The van der Waals surface area contributed by atoms with Crippen molar-refractivity contribution in [2.24, 2.45) is 0 Å². The van der Waals surface area contributed by atoms with Crippen LogP contribution in [0.5, 0.6) is 0 Å². The molecule has 4 nitrogen and oxygen atoms in total. The molecule has 0 aliphatic carbocycles. The van der Waals surface area contributed by atoms with Crippen LogP contribution in [0.4, 0.5) is 0 Å².